The van der Waals surface area contributed by atoms with Crippen LogP contribution in [0.4, 0.5) is 0 Å². The highest BCUT2D eigenvalue weighted by Gasteiger charge is 2.49. The van der Waals surface area contributed by atoms with Crippen molar-refractivity contribution in [1.82, 2.24) is 0 Å². The van der Waals surface area contributed by atoms with Crippen molar-refractivity contribution in [1.29, 1.82) is 0 Å². The van der Waals surface area contributed by atoms with E-state index >= 15 is 0 Å². The molecule has 2 saturated carbocycles. The first-order chi connectivity index (χ1) is 5.36. The molecular weight excluding hydrogens is 132 g/mol. The van der Waals surface area contributed by atoms with Gasteiger partial charge in [0.2, 0.25) is 0 Å². The first kappa shape index (κ1) is 6.28. The van der Waals surface area contributed by atoms with Crippen LogP contribution in [0, 0.1) is 29.6 Å². The Morgan fingerprint density at radius 3 is 2.73 bits per heavy atom. The number of hydrogen-bond acceptors (Lipinski definition) is 0. The zero-order valence-electron chi connectivity index (χ0n) is 7.16. The minimum atomic E-state index is 0.898. The van der Waals surface area contributed by atoms with Gasteiger partial charge in [-0.1, -0.05) is 19.1 Å². The third-order valence-electron chi connectivity index (χ3n) is 4.29. The largest absolute Gasteiger partial charge is 0.0851 e. The lowest BCUT2D eigenvalue weighted by Crippen LogP contribution is -2.21. The molecule has 60 valence electrons. The lowest BCUT2D eigenvalue weighted by Gasteiger charge is -2.27. The molecule has 0 saturated heterocycles. The summed E-state index contributed by atoms with van der Waals surface area (Å²) in [5, 5.41) is 0. The normalized spacial score (nSPS) is 58.8. The Morgan fingerprint density at radius 1 is 1.09 bits per heavy atom. The molecule has 0 nitrogen and oxygen atoms in total. The maximum atomic E-state index is 2.51. The standard InChI is InChI=1S/C11H16/c1-7-2-5-10-8-3-4-9(6-8)11(7)10/h2,5,7-11H,3-4,6H2,1H3. The summed E-state index contributed by atoms with van der Waals surface area (Å²) in [6.45, 7) is 2.40. The second-order valence-electron chi connectivity index (χ2n) is 4.73. The molecule has 2 fully saturated rings. The topological polar surface area (TPSA) is 0 Å². The fraction of sp³-hybridized carbons (Fsp3) is 0.818. The maximum Gasteiger partial charge on any atom is -0.0168 e. The van der Waals surface area contributed by atoms with Crippen LogP contribution in [0.25, 0.3) is 0 Å². The first-order valence-electron chi connectivity index (χ1n) is 5.04. The van der Waals surface area contributed by atoms with Crippen LogP contribution in [0.15, 0.2) is 12.2 Å². The van der Waals surface area contributed by atoms with E-state index in [1.807, 2.05) is 0 Å². The Labute approximate surface area is 68.7 Å². The zero-order valence-corrected chi connectivity index (χ0v) is 7.16. The summed E-state index contributed by atoms with van der Waals surface area (Å²) in [7, 11) is 0. The van der Waals surface area contributed by atoms with Gasteiger partial charge in [0.1, 0.15) is 0 Å². The van der Waals surface area contributed by atoms with Crippen LogP contribution in [-0.2, 0) is 0 Å². The summed E-state index contributed by atoms with van der Waals surface area (Å²) in [6.07, 6.45) is 9.60. The molecule has 2 bridgehead atoms. The van der Waals surface area contributed by atoms with Crippen molar-refractivity contribution in [2.45, 2.75) is 26.2 Å². The van der Waals surface area contributed by atoms with Crippen molar-refractivity contribution in [2.24, 2.45) is 29.6 Å². The number of allylic oxidation sites excluding steroid dienone is 2. The minimum Gasteiger partial charge on any atom is -0.0851 e. The lowest BCUT2D eigenvalue weighted by atomic mass is 9.78. The van der Waals surface area contributed by atoms with Crippen molar-refractivity contribution in [3.05, 3.63) is 12.2 Å². The number of fused-ring (bicyclic) bond motifs is 5. The molecule has 0 aliphatic heterocycles. The SMILES string of the molecule is CC1C=CC2C3CCC(C3)C12. The molecule has 0 heteroatoms. The average Bonchev–Trinajstić information content (AvgIpc) is 2.60. The predicted molar refractivity (Wildman–Crippen MR) is 46.1 cm³/mol. The van der Waals surface area contributed by atoms with Crippen molar-refractivity contribution in [3.63, 3.8) is 0 Å². The summed E-state index contributed by atoms with van der Waals surface area (Å²) in [4.78, 5) is 0. The van der Waals surface area contributed by atoms with Crippen LogP contribution in [0.2, 0.25) is 0 Å². The summed E-state index contributed by atoms with van der Waals surface area (Å²) in [6, 6.07) is 0. The van der Waals surface area contributed by atoms with Gasteiger partial charge in [-0.05, 0) is 48.9 Å². The van der Waals surface area contributed by atoms with E-state index in [1.165, 1.54) is 12.8 Å². The third kappa shape index (κ3) is 0.660. The van der Waals surface area contributed by atoms with E-state index in [0.29, 0.717) is 0 Å². The van der Waals surface area contributed by atoms with Crippen LogP contribution in [0.1, 0.15) is 26.2 Å². The molecule has 0 N–H and O–H groups in total. The molecule has 11 heavy (non-hydrogen) atoms. The Bertz CT molecular complexity index is 204. The van der Waals surface area contributed by atoms with Gasteiger partial charge in [-0.15, -0.1) is 0 Å². The zero-order chi connectivity index (χ0) is 7.42. The highest BCUT2D eigenvalue weighted by atomic mass is 14.5. The fourth-order valence-corrected chi connectivity index (χ4v) is 3.88. The van der Waals surface area contributed by atoms with Crippen LogP contribution in [0.5, 0.6) is 0 Å². The van der Waals surface area contributed by atoms with Gasteiger partial charge in [0.15, 0.2) is 0 Å². The Hall–Kier alpha value is -0.260. The van der Waals surface area contributed by atoms with Gasteiger partial charge in [-0.25, -0.2) is 0 Å². The van der Waals surface area contributed by atoms with Gasteiger partial charge in [0.25, 0.3) is 0 Å². The molecule has 0 spiro atoms. The minimum absolute atomic E-state index is 0.898. The molecule has 0 aromatic rings. The van der Waals surface area contributed by atoms with Gasteiger partial charge in [-0.3, -0.25) is 0 Å². The molecule has 0 radical (unpaired) electrons. The first-order valence-corrected chi connectivity index (χ1v) is 5.04. The molecule has 0 aromatic carbocycles. The van der Waals surface area contributed by atoms with Crippen molar-refractivity contribution in [3.8, 4) is 0 Å². The fourth-order valence-electron chi connectivity index (χ4n) is 3.88. The Kier molecular flexibility index (Phi) is 1.09. The van der Waals surface area contributed by atoms with Crippen molar-refractivity contribution in [2.75, 3.05) is 0 Å². The summed E-state index contributed by atoms with van der Waals surface area (Å²) < 4.78 is 0. The second-order valence-corrected chi connectivity index (χ2v) is 4.73. The summed E-state index contributed by atoms with van der Waals surface area (Å²) in [5.41, 5.74) is 0. The molecule has 3 aliphatic rings. The highest BCUT2D eigenvalue weighted by Crippen LogP contribution is 2.57. The quantitative estimate of drug-likeness (QED) is 0.463. The Morgan fingerprint density at radius 2 is 1.91 bits per heavy atom. The van der Waals surface area contributed by atoms with Gasteiger partial charge < -0.3 is 0 Å². The van der Waals surface area contributed by atoms with Crippen LogP contribution in [-0.4, -0.2) is 0 Å². The molecule has 0 amide bonds. The third-order valence-corrected chi connectivity index (χ3v) is 4.29. The van der Waals surface area contributed by atoms with Gasteiger partial charge in [0.05, 0.1) is 0 Å². The van der Waals surface area contributed by atoms with Gasteiger partial charge in [0, 0.05) is 0 Å². The van der Waals surface area contributed by atoms with E-state index in [4.69, 9.17) is 0 Å². The highest BCUT2D eigenvalue weighted by molar-refractivity contribution is 5.14. The molecule has 5 atom stereocenters. The van der Waals surface area contributed by atoms with E-state index < -0.39 is 0 Å². The van der Waals surface area contributed by atoms with Crippen LogP contribution >= 0.6 is 0 Å². The number of hydrogen-bond donors (Lipinski definition) is 0. The second kappa shape index (κ2) is 1.91. The Balaban J connectivity index is 1.96. The summed E-state index contributed by atoms with van der Waals surface area (Å²) in [5.74, 6) is 5.16. The van der Waals surface area contributed by atoms with E-state index in [9.17, 15) is 0 Å². The molecule has 5 unspecified atom stereocenters. The van der Waals surface area contributed by atoms with Crippen LogP contribution in [0.3, 0.4) is 0 Å². The van der Waals surface area contributed by atoms with Crippen molar-refractivity contribution < 1.29 is 0 Å². The molecule has 0 aromatic heterocycles. The van der Waals surface area contributed by atoms with E-state index in [-0.39, 0.29) is 0 Å². The van der Waals surface area contributed by atoms with E-state index in [0.717, 1.165) is 29.6 Å². The van der Waals surface area contributed by atoms with Gasteiger partial charge >= 0.3 is 0 Å². The number of rotatable bonds is 0. The van der Waals surface area contributed by atoms with Crippen molar-refractivity contribution >= 4 is 0 Å². The van der Waals surface area contributed by atoms with Crippen LogP contribution < -0.4 is 0 Å². The maximum absolute atomic E-state index is 2.51. The smallest absolute Gasteiger partial charge is 0.0168 e. The molecule has 3 rings (SSSR count). The van der Waals surface area contributed by atoms with E-state index in [1.54, 1.807) is 6.42 Å². The van der Waals surface area contributed by atoms with E-state index in [2.05, 4.69) is 19.1 Å². The van der Waals surface area contributed by atoms with Gasteiger partial charge in [-0.2, -0.15) is 0 Å². The average molecular weight is 148 g/mol. The predicted octanol–water partition coefficient (Wildman–Crippen LogP) is 2.85. The molecule has 3 aliphatic carbocycles. The molecular formula is C11H16. The monoisotopic (exact) mass is 148 g/mol. The summed E-state index contributed by atoms with van der Waals surface area (Å²) >= 11 is 0. The molecule has 0 heterocycles. The lowest BCUT2D eigenvalue weighted by molar-refractivity contribution is 0.239.